The molecule has 112 valence electrons. The molecule has 0 aromatic heterocycles. The van der Waals surface area contributed by atoms with Crippen molar-refractivity contribution in [3.8, 4) is 0 Å². The third-order valence-corrected chi connectivity index (χ3v) is 4.34. The van der Waals surface area contributed by atoms with Crippen molar-refractivity contribution >= 4 is 0 Å². The van der Waals surface area contributed by atoms with Gasteiger partial charge in [-0.15, -0.1) is 0 Å². The highest BCUT2D eigenvalue weighted by atomic mass is 19.4. The summed E-state index contributed by atoms with van der Waals surface area (Å²) in [5.74, 6) is 0. The van der Waals surface area contributed by atoms with Gasteiger partial charge in [0.2, 0.25) is 0 Å². The van der Waals surface area contributed by atoms with Gasteiger partial charge in [-0.1, -0.05) is 19.3 Å². The summed E-state index contributed by atoms with van der Waals surface area (Å²) < 4.78 is 42.8. The zero-order chi connectivity index (χ0) is 13.9. The van der Waals surface area contributed by atoms with Gasteiger partial charge in [-0.05, 0) is 32.6 Å². The molecule has 19 heavy (non-hydrogen) atoms. The minimum absolute atomic E-state index is 0.0534. The molecule has 2 rings (SSSR count). The molecule has 2 aliphatic rings. The number of halogens is 3. The second-order valence-electron chi connectivity index (χ2n) is 6.15. The summed E-state index contributed by atoms with van der Waals surface area (Å²) in [4.78, 5) is 0. The number of nitrogens with one attached hydrogen (secondary N) is 1. The van der Waals surface area contributed by atoms with Crippen molar-refractivity contribution in [1.82, 2.24) is 5.32 Å². The molecule has 0 radical (unpaired) electrons. The number of alkyl halides is 3. The quantitative estimate of drug-likeness (QED) is 0.845. The third-order valence-electron chi connectivity index (χ3n) is 4.34. The fourth-order valence-corrected chi connectivity index (χ4v) is 3.36. The smallest absolute Gasteiger partial charge is 0.370 e. The Morgan fingerprint density at radius 2 is 1.89 bits per heavy atom. The molecule has 1 saturated carbocycles. The minimum atomic E-state index is -4.09. The Labute approximate surface area is 113 Å². The first-order valence-electron chi connectivity index (χ1n) is 7.37. The normalized spacial score (nSPS) is 28.7. The SMILES string of the molecule is CC(CC(F)(F)F)NCC1CCC2(CCCCC2)O1. The molecule has 1 heterocycles. The van der Waals surface area contributed by atoms with Crippen LogP contribution in [0.25, 0.3) is 0 Å². The van der Waals surface area contributed by atoms with Gasteiger partial charge in [0.15, 0.2) is 0 Å². The van der Waals surface area contributed by atoms with Crippen LogP contribution in [0.1, 0.15) is 58.3 Å². The van der Waals surface area contributed by atoms with Crippen molar-refractivity contribution in [2.24, 2.45) is 0 Å². The summed E-state index contributed by atoms with van der Waals surface area (Å²) in [5, 5.41) is 2.96. The monoisotopic (exact) mass is 279 g/mol. The fourth-order valence-electron chi connectivity index (χ4n) is 3.36. The lowest BCUT2D eigenvalue weighted by atomic mass is 9.83. The van der Waals surface area contributed by atoms with E-state index in [1.807, 2.05) is 0 Å². The van der Waals surface area contributed by atoms with E-state index in [-0.39, 0.29) is 11.7 Å². The van der Waals surface area contributed by atoms with Crippen LogP contribution in [0.2, 0.25) is 0 Å². The number of hydrogen-bond acceptors (Lipinski definition) is 2. The van der Waals surface area contributed by atoms with E-state index in [4.69, 9.17) is 4.74 Å². The Morgan fingerprint density at radius 1 is 1.21 bits per heavy atom. The molecule has 0 aromatic carbocycles. The molecular weight excluding hydrogens is 255 g/mol. The first-order chi connectivity index (χ1) is 8.89. The van der Waals surface area contributed by atoms with Crippen molar-refractivity contribution in [3.05, 3.63) is 0 Å². The van der Waals surface area contributed by atoms with E-state index in [1.165, 1.54) is 19.3 Å². The van der Waals surface area contributed by atoms with Crippen LogP contribution in [-0.4, -0.2) is 30.5 Å². The molecule has 1 N–H and O–H groups in total. The highest BCUT2D eigenvalue weighted by Crippen LogP contribution is 2.41. The zero-order valence-electron chi connectivity index (χ0n) is 11.6. The van der Waals surface area contributed by atoms with Crippen LogP contribution >= 0.6 is 0 Å². The first kappa shape index (κ1) is 15.1. The molecule has 1 spiro atoms. The van der Waals surface area contributed by atoms with Gasteiger partial charge in [0, 0.05) is 12.6 Å². The summed E-state index contributed by atoms with van der Waals surface area (Å²) in [6.07, 6.45) is 3.28. The highest BCUT2D eigenvalue weighted by molar-refractivity contribution is 4.92. The van der Waals surface area contributed by atoms with Crippen LogP contribution in [0, 0.1) is 0 Å². The van der Waals surface area contributed by atoms with Crippen LogP contribution in [-0.2, 0) is 4.74 Å². The number of hydrogen-bond donors (Lipinski definition) is 1. The standard InChI is InChI=1S/C14H24F3NO/c1-11(9-14(15,16)17)18-10-12-5-8-13(19-12)6-3-2-4-7-13/h11-12,18H,2-10H2,1H3. The number of rotatable bonds is 4. The average molecular weight is 279 g/mol. The van der Waals surface area contributed by atoms with Crippen molar-refractivity contribution < 1.29 is 17.9 Å². The number of ether oxygens (including phenoxy) is 1. The van der Waals surface area contributed by atoms with Gasteiger partial charge >= 0.3 is 6.18 Å². The largest absolute Gasteiger partial charge is 0.390 e. The predicted molar refractivity (Wildman–Crippen MR) is 68.1 cm³/mol. The molecule has 1 saturated heterocycles. The summed E-state index contributed by atoms with van der Waals surface area (Å²) in [6.45, 7) is 2.12. The third kappa shape index (κ3) is 4.63. The van der Waals surface area contributed by atoms with E-state index in [9.17, 15) is 13.2 Å². The van der Waals surface area contributed by atoms with Crippen LogP contribution in [0.3, 0.4) is 0 Å². The lowest BCUT2D eigenvalue weighted by molar-refractivity contribution is -0.139. The first-order valence-corrected chi connectivity index (χ1v) is 7.37. The molecule has 2 atom stereocenters. The summed E-state index contributed by atoms with van der Waals surface area (Å²) in [6, 6.07) is -0.536. The van der Waals surface area contributed by atoms with E-state index in [0.29, 0.717) is 6.54 Å². The molecule has 1 aliphatic carbocycles. The Bertz CT molecular complexity index is 287. The molecule has 0 aromatic rings. The van der Waals surface area contributed by atoms with Gasteiger partial charge in [0.1, 0.15) is 0 Å². The molecular formula is C14H24F3NO. The molecule has 5 heteroatoms. The maximum absolute atomic E-state index is 12.2. The van der Waals surface area contributed by atoms with E-state index in [0.717, 1.165) is 25.7 Å². The summed E-state index contributed by atoms with van der Waals surface area (Å²) in [5.41, 5.74) is 0.0534. The van der Waals surface area contributed by atoms with Crippen molar-refractivity contribution in [2.45, 2.75) is 82.2 Å². The molecule has 1 aliphatic heterocycles. The maximum atomic E-state index is 12.2. The topological polar surface area (TPSA) is 21.3 Å². The lowest BCUT2D eigenvalue weighted by Gasteiger charge is -2.33. The lowest BCUT2D eigenvalue weighted by Crippen LogP contribution is -2.38. The van der Waals surface area contributed by atoms with Crippen LogP contribution in [0.4, 0.5) is 13.2 Å². The van der Waals surface area contributed by atoms with Crippen molar-refractivity contribution in [1.29, 1.82) is 0 Å². The summed E-state index contributed by atoms with van der Waals surface area (Å²) in [7, 11) is 0. The van der Waals surface area contributed by atoms with Gasteiger partial charge in [0.05, 0.1) is 18.1 Å². The predicted octanol–water partition coefficient (Wildman–Crippen LogP) is 3.80. The second-order valence-corrected chi connectivity index (χ2v) is 6.15. The van der Waals surface area contributed by atoms with Gasteiger partial charge in [-0.25, -0.2) is 0 Å². The van der Waals surface area contributed by atoms with Crippen LogP contribution < -0.4 is 5.32 Å². The molecule has 2 unspecified atom stereocenters. The van der Waals surface area contributed by atoms with Crippen LogP contribution in [0.15, 0.2) is 0 Å². The molecule has 0 bridgehead atoms. The second kappa shape index (κ2) is 6.00. The fraction of sp³-hybridized carbons (Fsp3) is 1.00. The van der Waals surface area contributed by atoms with E-state index >= 15 is 0 Å². The summed E-state index contributed by atoms with van der Waals surface area (Å²) >= 11 is 0. The highest BCUT2D eigenvalue weighted by Gasteiger charge is 2.40. The maximum Gasteiger partial charge on any atom is 0.390 e. The molecule has 0 amide bonds. The Kier molecular flexibility index (Phi) is 4.77. The van der Waals surface area contributed by atoms with E-state index < -0.39 is 18.6 Å². The molecule has 2 fully saturated rings. The van der Waals surface area contributed by atoms with Gasteiger partial charge < -0.3 is 10.1 Å². The van der Waals surface area contributed by atoms with Crippen LogP contribution in [0.5, 0.6) is 0 Å². The Morgan fingerprint density at radius 3 is 2.53 bits per heavy atom. The van der Waals surface area contributed by atoms with E-state index in [2.05, 4.69) is 5.32 Å². The van der Waals surface area contributed by atoms with E-state index in [1.54, 1.807) is 6.92 Å². The zero-order valence-corrected chi connectivity index (χ0v) is 11.6. The van der Waals surface area contributed by atoms with Crippen molar-refractivity contribution in [2.75, 3.05) is 6.54 Å². The van der Waals surface area contributed by atoms with Crippen molar-refractivity contribution in [3.63, 3.8) is 0 Å². The van der Waals surface area contributed by atoms with Gasteiger partial charge in [-0.3, -0.25) is 0 Å². The molecule has 2 nitrogen and oxygen atoms in total. The Balaban J connectivity index is 1.70. The average Bonchev–Trinajstić information content (AvgIpc) is 2.69. The van der Waals surface area contributed by atoms with Gasteiger partial charge in [-0.2, -0.15) is 13.2 Å². The Hall–Kier alpha value is -0.290. The van der Waals surface area contributed by atoms with Gasteiger partial charge in [0.25, 0.3) is 0 Å². The minimum Gasteiger partial charge on any atom is -0.370 e.